The van der Waals surface area contributed by atoms with E-state index >= 15 is 0 Å². The molecule has 5 unspecified atom stereocenters. The number of esters is 2. The van der Waals surface area contributed by atoms with Crippen molar-refractivity contribution in [3.8, 4) is 0 Å². The third kappa shape index (κ3) is 4.08. The van der Waals surface area contributed by atoms with Crippen molar-refractivity contribution in [3.05, 3.63) is 23.3 Å². The van der Waals surface area contributed by atoms with Crippen LogP contribution in [-0.4, -0.2) is 30.9 Å². The Hall–Kier alpha value is -1.91. The van der Waals surface area contributed by atoms with Crippen LogP contribution in [0.2, 0.25) is 0 Å². The van der Waals surface area contributed by atoms with Gasteiger partial charge in [0.15, 0.2) is 5.78 Å². The molecule has 0 aromatic heterocycles. The molecule has 1 saturated carbocycles. The smallest absolute Gasteiger partial charge is 0.330 e. The molecule has 5 heteroatoms. The number of rotatable bonds is 5. The Morgan fingerprint density at radius 1 is 1.32 bits per heavy atom. The van der Waals surface area contributed by atoms with Crippen LogP contribution in [0.1, 0.15) is 67.2 Å². The minimum Gasteiger partial charge on any atom is -0.466 e. The van der Waals surface area contributed by atoms with Gasteiger partial charge in [-0.3, -0.25) is 9.59 Å². The van der Waals surface area contributed by atoms with Crippen molar-refractivity contribution >= 4 is 17.7 Å². The zero-order valence-corrected chi connectivity index (χ0v) is 18.3. The van der Waals surface area contributed by atoms with E-state index in [1.165, 1.54) is 20.1 Å². The molecule has 5 nitrogen and oxygen atoms in total. The van der Waals surface area contributed by atoms with Crippen molar-refractivity contribution in [2.24, 2.45) is 22.7 Å². The number of ether oxygens (including phenoxy) is 2. The molecule has 0 amide bonds. The topological polar surface area (TPSA) is 69.7 Å². The number of carbonyl (C=O) groups is 3. The lowest BCUT2D eigenvalue weighted by Gasteiger charge is -2.59. The highest BCUT2D eigenvalue weighted by Gasteiger charge is 2.58. The first kappa shape index (κ1) is 22.4. The maximum atomic E-state index is 12.5. The van der Waals surface area contributed by atoms with E-state index < -0.39 is 12.1 Å². The summed E-state index contributed by atoms with van der Waals surface area (Å²) in [5, 5.41) is 0. The van der Waals surface area contributed by atoms with Crippen LogP contribution in [0.25, 0.3) is 0 Å². The number of hydrogen-bond acceptors (Lipinski definition) is 5. The monoisotopic (exact) mass is 390 g/mol. The van der Waals surface area contributed by atoms with Gasteiger partial charge in [-0.1, -0.05) is 31.9 Å². The van der Waals surface area contributed by atoms with Crippen molar-refractivity contribution in [1.29, 1.82) is 0 Å². The Balaban J connectivity index is 2.50. The summed E-state index contributed by atoms with van der Waals surface area (Å²) < 4.78 is 10.6. The van der Waals surface area contributed by atoms with E-state index in [1.54, 1.807) is 6.08 Å². The highest BCUT2D eigenvalue weighted by molar-refractivity contribution is 5.92. The van der Waals surface area contributed by atoms with Crippen LogP contribution in [0, 0.1) is 22.7 Å². The minimum atomic E-state index is -0.419. The maximum absolute atomic E-state index is 12.5. The zero-order chi connectivity index (χ0) is 21.3. The molecule has 28 heavy (non-hydrogen) atoms. The van der Waals surface area contributed by atoms with Crippen molar-refractivity contribution in [3.63, 3.8) is 0 Å². The Labute approximate surface area is 168 Å². The maximum Gasteiger partial charge on any atom is 0.330 e. The lowest BCUT2D eigenvalue weighted by Crippen LogP contribution is -2.57. The van der Waals surface area contributed by atoms with E-state index in [0.29, 0.717) is 12.8 Å². The minimum absolute atomic E-state index is 0.0801. The summed E-state index contributed by atoms with van der Waals surface area (Å²) in [6, 6.07) is 0. The fourth-order valence-electron chi connectivity index (χ4n) is 5.36. The molecule has 0 heterocycles. The first-order chi connectivity index (χ1) is 12.9. The Bertz CT molecular complexity index is 719. The van der Waals surface area contributed by atoms with Gasteiger partial charge in [0.2, 0.25) is 0 Å². The van der Waals surface area contributed by atoms with Gasteiger partial charge < -0.3 is 9.47 Å². The van der Waals surface area contributed by atoms with Gasteiger partial charge in [-0.15, -0.1) is 0 Å². The molecule has 0 radical (unpaired) electrons. The second-order valence-corrected chi connectivity index (χ2v) is 9.09. The Morgan fingerprint density at radius 2 is 1.96 bits per heavy atom. The van der Waals surface area contributed by atoms with Gasteiger partial charge in [-0.25, -0.2) is 4.79 Å². The molecular formula is C23H34O5. The third-order valence-corrected chi connectivity index (χ3v) is 7.44. The SMILES string of the molecule is COC(=O)/C=C(\C)CC(OC(C)=O)C1(C)C(C)CCC2(C)C(C)=CC(=O)CC21. The van der Waals surface area contributed by atoms with E-state index in [0.717, 1.165) is 24.0 Å². The number of methoxy groups -OCH3 is 1. The van der Waals surface area contributed by atoms with Crippen LogP contribution in [-0.2, 0) is 23.9 Å². The summed E-state index contributed by atoms with van der Waals surface area (Å²) in [5.41, 5.74) is 1.45. The molecule has 2 aliphatic rings. The predicted octanol–water partition coefficient (Wildman–Crippen LogP) is 4.41. The van der Waals surface area contributed by atoms with E-state index in [2.05, 4.69) is 20.8 Å². The molecule has 0 aromatic rings. The number of ketones is 1. The van der Waals surface area contributed by atoms with Gasteiger partial charge in [0, 0.05) is 31.3 Å². The van der Waals surface area contributed by atoms with E-state index in [9.17, 15) is 14.4 Å². The van der Waals surface area contributed by atoms with Gasteiger partial charge in [0.1, 0.15) is 6.10 Å². The van der Waals surface area contributed by atoms with Crippen LogP contribution in [0.5, 0.6) is 0 Å². The lowest BCUT2D eigenvalue weighted by atomic mass is 9.46. The molecule has 0 aromatic carbocycles. The molecule has 0 aliphatic heterocycles. The van der Waals surface area contributed by atoms with Crippen molar-refractivity contribution in [2.45, 2.75) is 73.3 Å². The summed E-state index contributed by atoms with van der Waals surface area (Å²) >= 11 is 0. The number of allylic oxidation sites excluding steroid dienone is 2. The first-order valence-electron chi connectivity index (χ1n) is 10.1. The average molecular weight is 391 g/mol. The van der Waals surface area contributed by atoms with E-state index in [4.69, 9.17) is 9.47 Å². The molecular weight excluding hydrogens is 356 g/mol. The van der Waals surface area contributed by atoms with Crippen LogP contribution in [0.4, 0.5) is 0 Å². The summed E-state index contributed by atoms with van der Waals surface area (Å²) in [6.45, 7) is 11.9. The van der Waals surface area contributed by atoms with Gasteiger partial charge in [-0.2, -0.15) is 0 Å². The molecule has 1 fully saturated rings. The van der Waals surface area contributed by atoms with Gasteiger partial charge in [0.05, 0.1) is 7.11 Å². The molecule has 0 spiro atoms. The number of fused-ring (bicyclic) bond motifs is 1. The molecule has 156 valence electrons. The van der Waals surface area contributed by atoms with Gasteiger partial charge in [0.25, 0.3) is 0 Å². The fourth-order valence-corrected chi connectivity index (χ4v) is 5.36. The molecule has 0 bridgehead atoms. The molecule has 0 saturated heterocycles. The fraction of sp³-hybridized carbons (Fsp3) is 0.696. The second-order valence-electron chi connectivity index (χ2n) is 9.09. The summed E-state index contributed by atoms with van der Waals surface area (Å²) in [6.07, 6.45) is 5.75. The average Bonchev–Trinajstić information content (AvgIpc) is 2.60. The lowest BCUT2D eigenvalue weighted by molar-refractivity contribution is -0.172. The predicted molar refractivity (Wildman–Crippen MR) is 107 cm³/mol. The number of carbonyl (C=O) groups excluding carboxylic acids is 3. The number of hydrogen-bond donors (Lipinski definition) is 0. The Kier molecular flexibility index (Phi) is 6.57. The second kappa shape index (κ2) is 8.22. The summed E-state index contributed by atoms with van der Waals surface area (Å²) in [4.78, 5) is 36.1. The van der Waals surface area contributed by atoms with Gasteiger partial charge >= 0.3 is 11.9 Å². The standard InChI is InChI=1S/C23H34O5/c1-14(11-21(26)27-7)10-20(28-17(4)24)23(6)15(2)8-9-22(5)16(3)12-18(25)13-19(22)23/h11-12,15,19-20H,8-10,13H2,1-7H3/b14-11+. The van der Waals surface area contributed by atoms with Crippen molar-refractivity contribution < 1.29 is 23.9 Å². The van der Waals surface area contributed by atoms with Crippen molar-refractivity contribution in [1.82, 2.24) is 0 Å². The largest absolute Gasteiger partial charge is 0.466 e. The van der Waals surface area contributed by atoms with Gasteiger partial charge in [-0.05, 0) is 50.0 Å². The quantitative estimate of drug-likeness (QED) is 0.514. The highest BCUT2D eigenvalue weighted by Crippen LogP contribution is 2.62. The molecule has 0 N–H and O–H groups in total. The highest BCUT2D eigenvalue weighted by atomic mass is 16.5. The van der Waals surface area contributed by atoms with Crippen LogP contribution in [0.15, 0.2) is 23.3 Å². The molecule has 2 aliphatic carbocycles. The molecule has 2 rings (SSSR count). The van der Waals surface area contributed by atoms with Crippen LogP contribution < -0.4 is 0 Å². The third-order valence-electron chi connectivity index (χ3n) is 7.44. The zero-order valence-electron chi connectivity index (χ0n) is 18.3. The van der Waals surface area contributed by atoms with E-state index in [1.807, 2.05) is 13.8 Å². The van der Waals surface area contributed by atoms with Crippen LogP contribution in [0.3, 0.4) is 0 Å². The molecule has 5 atom stereocenters. The Morgan fingerprint density at radius 3 is 2.54 bits per heavy atom. The first-order valence-corrected chi connectivity index (χ1v) is 10.1. The summed E-state index contributed by atoms with van der Waals surface area (Å²) in [7, 11) is 1.34. The van der Waals surface area contributed by atoms with Crippen LogP contribution >= 0.6 is 0 Å². The van der Waals surface area contributed by atoms with Crippen molar-refractivity contribution in [2.75, 3.05) is 7.11 Å². The normalized spacial score (nSPS) is 34.2. The van der Waals surface area contributed by atoms with E-state index in [-0.39, 0.29) is 34.4 Å². The summed E-state index contributed by atoms with van der Waals surface area (Å²) in [5.74, 6) is -0.261.